The highest BCUT2D eigenvalue weighted by molar-refractivity contribution is 5.83. The standard InChI is InChI=1S/C20H24O/c21-20(18-9-4-2-1-3-5-10-18)15-16-12-13-17-8-6-7-11-19(17)14-16/h6-9,11-14,20-21H,1-5,10,15H2/b18-9+. The molecule has 110 valence electrons. The van der Waals surface area contributed by atoms with Gasteiger partial charge in [0, 0.05) is 6.42 Å². The topological polar surface area (TPSA) is 20.2 Å². The first-order valence-electron chi connectivity index (χ1n) is 8.17. The van der Waals surface area contributed by atoms with E-state index >= 15 is 0 Å². The van der Waals surface area contributed by atoms with Gasteiger partial charge in [0.25, 0.3) is 0 Å². The van der Waals surface area contributed by atoms with Gasteiger partial charge in [0.15, 0.2) is 0 Å². The van der Waals surface area contributed by atoms with E-state index in [0.717, 1.165) is 19.3 Å². The summed E-state index contributed by atoms with van der Waals surface area (Å²) in [6, 6.07) is 14.9. The van der Waals surface area contributed by atoms with Crippen LogP contribution in [0.5, 0.6) is 0 Å². The summed E-state index contributed by atoms with van der Waals surface area (Å²) in [4.78, 5) is 0. The van der Waals surface area contributed by atoms with Crippen LogP contribution in [-0.4, -0.2) is 11.2 Å². The van der Waals surface area contributed by atoms with E-state index in [-0.39, 0.29) is 6.10 Å². The second-order valence-electron chi connectivity index (χ2n) is 6.13. The fourth-order valence-corrected chi connectivity index (χ4v) is 3.24. The third-order valence-corrected chi connectivity index (χ3v) is 4.50. The zero-order valence-corrected chi connectivity index (χ0v) is 12.6. The molecule has 1 atom stereocenters. The molecule has 0 bridgehead atoms. The van der Waals surface area contributed by atoms with E-state index < -0.39 is 0 Å². The predicted octanol–water partition coefficient (Wildman–Crippen LogP) is 5.02. The second kappa shape index (κ2) is 6.91. The van der Waals surface area contributed by atoms with Crippen LogP contribution in [0.15, 0.2) is 54.1 Å². The Balaban J connectivity index is 1.74. The van der Waals surface area contributed by atoms with Gasteiger partial charge in [-0.25, -0.2) is 0 Å². The summed E-state index contributed by atoms with van der Waals surface area (Å²) in [6.45, 7) is 0. The summed E-state index contributed by atoms with van der Waals surface area (Å²) < 4.78 is 0. The number of hydrogen-bond donors (Lipinski definition) is 1. The van der Waals surface area contributed by atoms with E-state index in [1.807, 2.05) is 0 Å². The van der Waals surface area contributed by atoms with Crippen molar-refractivity contribution in [1.29, 1.82) is 0 Å². The summed E-state index contributed by atoms with van der Waals surface area (Å²) in [5, 5.41) is 13.1. The minimum atomic E-state index is -0.315. The van der Waals surface area contributed by atoms with Crippen molar-refractivity contribution in [3.05, 3.63) is 59.7 Å². The molecular weight excluding hydrogens is 256 g/mol. The second-order valence-corrected chi connectivity index (χ2v) is 6.13. The van der Waals surface area contributed by atoms with Gasteiger partial charge >= 0.3 is 0 Å². The van der Waals surface area contributed by atoms with E-state index in [2.05, 4.69) is 48.5 Å². The monoisotopic (exact) mass is 280 g/mol. The molecule has 0 aromatic heterocycles. The van der Waals surface area contributed by atoms with Gasteiger partial charge in [-0.3, -0.25) is 0 Å². The quantitative estimate of drug-likeness (QED) is 0.782. The largest absolute Gasteiger partial charge is 0.388 e. The van der Waals surface area contributed by atoms with Crippen molar-refractivity contribution < 1.29 is 5.11 Å². The smallest absolute Gasteiger partial charge is 0.0790 e. The molecule has 1 heteroatoms. The Morgan fingerprint density at radius 1 is 0.905 bits per heavy atom. The van der Waals surface area contributed by atoms with Crippen LogP contribution in [0.2, 0.25) is 0 Å². The molecule has 21 heavy (non-hydrogen) atoms. The van der Waals surface area contributed by atoms with E-state index in [9.17, 15) is 5.11 Å². The Hall–Kier alpha value is -1.60. The molecule has 1 N–H and O–H groups in total. The molecule has 1 unspecified atom stereocenters. The zero-order chi connectivity index (χ0) is 14.5. The maximum absolute atomic E-state index is 10.5. The molecule has 1 nitrogen and oxygen atoms in total. The van der Waals surface area contributed by atoms with Gasteiger partial charge in [0.2, 0.25) is 0 Å². The summed E-state index contributed by atoms with van der Waals surface area (Å²) in [7, 11) is 0. The van der Waals surface area contributed by atoms with E-state index in [1.165, 1.54) is 47.6 Å². The highest BCUT2D eigenvalue weighted by atomic mass is 16.3. The van der Waals surface area contributed by atoms with Gasteiger partial charge in [-0.15, -0.1) is 0 Å². The van der Waals surface area contributed by atoms with Crippen molar-refractivity contribution in [3.8, 4) is 0 Å². The minimum Gasteiger partial charge on any atom is -0.388 e. The third kappa shape index (κ3) is 3.74. The lowest BCUT2D eigenvalue weighted by molar-refractivity contribution is 0.205. The average molecular weight is 280 g/mol. The number of fused-ring (bicyclic) bond motifs is 1. The molecular formula is C20H24O. The number of aliphatic hydroxyl groups is 1. The lowest BCUT2D eigenvalue weighted by atomic mass is 9.92. The number of rotatable bonds is 3. The van der Waals surface area contributed by atoms with Crippen LogP contribution in [0.4, 0.5) is 0 Å². The molecule has 0 aliphatic heterocycles. The SMILES string of the molecule is OC(Cc1ccc2ccccc2c1)/C1=C/CCCCCC1. The first-order valence-corrected chi connectivity index (χ1v) is 8.17. The zero-order valence-electron chi connectivity index (χ0n) is 12.6. The third-order valence-electron chi connectivity index (χ3n) is 4.50. The van der Waals surface area contributed by atoms with Gasteiger partial charge < -0.3 is 5.11 Å². The Bertz CT molecular complexity index is 627. The van der Waals surface area contributed by atoms with Crippen LogP contribution in [0.25, 0.3) is 10.8 Å². The molecule has 0 heterocycles. The number of benzene rings is 2. The van der Waals surface area contributed by atoms with Crippen molar-refractivity contribution in [3.63, 3.8) is 0 Å². The van der Waals surface area contributed by atoms with E-state index in [1.54, 1.807) is 0 Å². The van der Waals surface area contributed by atoms with Gasteiger partial charge in [-0.05, 0) is 47.6 Å². The molecule has 0 fully saturated rings. The molecule has 2 aromatic rings. The summed E-state index contributed by atoms with van der Waals surface area (Å²) in [6.07, 6.45) is 10.0. The molecule has 2 aromatic carbocycles. The minimum absolute atomic E-state index is 0.315. The van der Waals surface area contributed by atoms with Crippen molar-refractivity contribution >= 4 is 10.8 Å². The summed E-state index contributed by atoms with van der Waals surface area (Å²) in [5.74, 6) is 0. The highest BCUT2D eigenvalue weighted by Crippen LogP contribution is 2.23. The van der Waals surface area contributed by atoms with Gasteiger partial charge in [0.05, 0.1) is 6.10 Å². The van der Waals surface area contributed by atoms with Crippen molar-refractivity contribution in [2.45, 2.75) is 51.0 Å². The first kappa shape index (κ1) is 14.3. The Morgan fingerprint density at radius 2 is 1.71 bits per heavy atom. The van der Waals surface area contributed by atoms with Crippen LogP contribution in [0, 0.1) is 0 Å². The van der Waals surface area contributed by atoms with Crippen LogP contribution >= 0.6 is 0 Å². The summed E-state index contributed by atoms with van der Waals surface area (Å²) >= 11 is 0. The van der Waals surface area contributed by atoms with Gasteiger partial charge in [0.1, 0.15) is 0 Å². The lowest BCUT2D eigenvalue weighted by Crippen LogP contribution is -2.14. The van der Waals surface area contributed by atoms with Crippen molar-refractivity contribution in [1.82, 2.24) is 0 Å². The van der Waals surface area contributed by atoms with E-state index in [4.69, 9.17) is 0 Å². The van der Waals surface area contributed by atoms with Crippen molar-refractivity contribution in [2.75, 3.05) is 0 Å². The first-order chi connectivity index (χ1) is 10.3. The molecule has 1 aliphatic rings. The molecule has 3 rings (SSSR count). The average Bonchev–Trinajstić information content (AvgIpc) is 2.46. The lowest BCUT2D eigenvalue weighted by Gasteiger charge is -2.18. The molecule has 0 saturated carbocycles. The predicted molar refractivity (Wildman–Crippen MR) is 89.4 cm³/mol. The normalized spacial score (nSPS) is 20.3. The molecule has 0 spiro atoms. The Labute approximate surface area is 127 Å². The van der Waals surface area contributed by atoms with Gasteiger partial charge in [-0.1, -0.05) is 61.4 Å². The molecule has 1 aliphatic carbocycles. The van der Waals surface area contributed by atoms with Crippen LogP contribution in [0.3, 0.4) is 0 Å². The summed E-state index contributed by atoms with van der Waals surface area (Å²) in [5.41, 5.74) is 2.48. The Kier molecular flexibility index (Phi) is 4.72. The fraction of sp³-hybridized carbons (Fsp3) is 0.400. The van der Waals surface area contributed by atoms with E-state index in [0.29, 0.717) is 0 Å². The maximum Gasteiger partial charge on any atom is 0.0790 e. The number of aliphatic hydroxyl groups excluding tert-OH is 1. The number of allylic oxidation sites excluding steroid dienone is 1. The molecule has 0 radical (unpaired) electrons. The van der Waals surface area contributed by atoms with Crippen LogP contribution < -0.4 is 0 Å². The number of hydrogen-bond acceptors (Lipinski definition) is 1. The maximum atomic E-state index is 10.5. The Morgan fingerprint density at radius 3 is 2.62 bits per heavy atom. The fourth-order valence-electron chi connectivity index (χ4n) is 3.24. The molecule has 0 saturated heterocycles. The van der Waals surface area contributed by atoms with Crippen LogP contribution in [-0.2, 0) is 6.42 Å². The highest BCUT2D eigenvalue weighted by Gasteiger charge is 2.13. The molecule has 0 amide bonds. The van der Waals surface area contributed by atoms with Crippen molar-refractivity contribution in [2.24, 2.45) is 0 Å². The van der Waals surface area contributed by atoms with Crippen LogP contribution in [0.1, 0.15) is 44.1 Å². The van der Waals surface area contributed by atoms with Gasteiger partial charge in [-0.2, -0.15) is 0 Å².